The van der Waals surface area contributed by atoms with Crippen molar-refractivity contribution in [2.45, 2.75) is 18.5 Å². The minimum atomic E-state index is -0.230. The molecule has 0 aliphatic carbocycles. The number of benzene rings is 1. The van der Waals surface area contributed by atoms with Crippen LogP contribution in [0.2, 0.25) is 0 Å². The van der Waals surface area contributed by atoms with E-state index in [4.69, 9.17) is 11.0 Å². The van der Waals surface area contributed by atoms with Gasteiger partial charge in [0.05, 0.1) is 17.7 Å². The highest BCUT2D eigenvalue weighted by Gasteiger charge is 2.37. The molecule has 0 spiro atoms. The molecule has 16 heavy (non-hydrogen) atoms. The average Bonchev–Trinajstić information content (AvgIpc) is 2.53. The predicted molar refractivity (Wildman–Crippen MR) is 59.3 cm³/mol. The molecule has 2 atom stereocenters. The van der Waals surface area contributed by atoms with Crippen LogP contribution in [-0.4, -0.2) is 23.9 Å². The van der Waals surface area contributed by atoms with E-state index in [0.29, 0.717) is 12.0 Å². The maximum Gasteiger partial charge on any atom is 0.224 e. The van der Waals surface area contributed by atoms with Crippen LogP contribution in [0.4, 0.5) is 0 Å². The summed E-state index contributed by atoms with van der Waals surface area (Å²) < 4.78 is 0. The first kappa shape index (κ1) is 10.7. The minimum Gasteiger partial charge on any atom is -0.337 e. The van der Waals surface area contributed by atoms with Crippen molar-refractivity contribution in [1.82, 2.24) is 4.90 Å². The van der Waals surface area contributed by atoms with Gasteiger partial charge < -0.3 is 10.6 Å². The first-order valence-electron chi connectivity index (χ1n) is 5.15. The Morgan fingerprint density at radius 3 is 2.75 bits per heavy atom. The Morgan fingerprint density at radius 1 is 1.50 bits per heavy atom. The Bertz CT molecular complexity index is 464. The lowest BCUT2D eigenvalue weighted by molar-refractivity contribution is -0.127. The van der Waals surface area contributed by atoms with E-state index in [0.717, 1.165) is 5.56 Å². The van der Waals surface area contributed by atoms with E-state index >= 15 is 0 Å². The molecule has 1 aromatic carbocycles. The number of nitrogens with two attached hydrogens (primary N) is 1. The average molecular weight is 215 g/mol. The summed E-state index contributed by atoms with van der Waals surface area (Å²) in [6.45, 7) is 0. The molecule has 0 aromatic heterocycles. The van der Waals surface area contributed by atoms with Crippen molar-refractivity contribution in [2.24, 2.45) is 5.73 Å². The van der Waals surface area contributed by atoms with E-state index in [1.807, 2.05) is 18.2 Å². The Balaban J connectivity index is 2.45. The molecule has 1 aromatic rings. The molecular weight excluding hydrogens is 202 g/mol. The number of nitrogens with zero attached hydrogens (tertiary/aromatic N) is 2. The lowest BCUT2D eigenvalue weighted by atomic mass is 9.96. The van der Waals surface area contributed by atoms with Crippen molar-refractivity contribution in [3.8, 4) is 6.07 Å². The molecule has 2 N–H and O–H groups in total. The maximum absolute atomic E-state index is 11.5. The van der Waals surface area contributed by atoms with Gasteiger partial charge in [0, 0.05) is 19.5 Å². The SMILES string of the molecule is CN1C(=O)CC(N)C1c1ccccc1C#N. The van der Waals surface area contributed by atoms with E-state index < -0.39 is 0 Å². The number of amides is 1. The quantitative estimate of drug-likeness (QED) is 0.752. The molecular formula is C12H13N3O. The Hall–Kier alpha value is -1.86. The van der Waals surface area contributed by atoms with Crippen LogP contribution < -0.4 is 5.73 Å². The van der Waals surface area contributed by atoms with Crippen LogP contribution in [0.15, 0.2) is 24.3 Å². The summed E-state index contributed by atoms with van der Waals surface area (Å²) in [5, 5.41) is 9.02. The van der Waals surface area contributed by atoms with Gasteiger partial charge >= 0.3 is 0 Å². The third-order valence-corrected chi connectivity index (χ3v) is 3.03. The van der Waals surface area contributed by atoms with E-state index in [-0.39, 0.29) is 18.0 Å². The van der Waals surface area contributed by atoms with Crippen molar-refractivity contribution >= 4 is 5.91 Å². The standard InChI is InChI=1S/C12H13N3O/c1-15-11(16)6-10(14)12(15)9-5-3-2-4-8(9)7-13/h2-5,10,12H,6,14H2,1H3. The van der Waals surface area contributed by atoms with Crippen LogP contribution in [0.5, 0.6) is 0 Å². The summed E-state index contributed by atoms with van der Waals surface area (Å²) in [6, 6.07) is 9.01. The molecule has 2 unspecified atom stereocenters. The van der Waals surface area contributed by atoms with Gasteiger partial charge in [-0.3, -0.25) is 4.79 Å². The summed E-state index contributed by atoms with van der Waals surface area (Å²) in [6.07, 6.45) is 0.348. The van der Waals surface area contributed by atoms with Gasteiger partial charge in [-0.15, -0.1) is 0 Å². The van der Waals surface area contributed by atoms with Crippen molar-refractivity contribution in [2.75, 3.05) is 7.05 Å². The molecule has 0 radical (unpaired) electrons. The fourth-order valence-electron chi connectivity index (χ4n) is 2.20. The van der Waals surface area contributed by atoms with E-state index in [9.17, 15) is 4.79 Å². The number of rotatable bonds is 1. The fraction of sp³-hybridized carbons (Fsp3) is 0.333. The monoisotopic (exact) mass is 215 g/mol. The van der Waals surface area contributed by atoms with Gasteiger partial charge in [0.2, 0.25) is 5.91 Å². The Morgan fingerprint density at radius 2 is 2.19 bits per heavy atom. The third-order valence-electron chi connectivity index (χ3n) is 3.03. The van der Waals surface area contributed by atoms with Crippen LogP contribution in [0.3, 0.4) is 0 Å². The zero-order valence-electron chi connectivity index (χ0n) is 9.05. The van der Waals surface area contributed by atoms with Crippen molar-refractivity contribution in [1.29, 1.82) is 5.26 Å². The smallest absolute Gasteiger partial charge is 0.224 e. The minimum absolute atomic E-state index is 0.0326. The largest absolute Gasteiger partial charge is 0.337 e. The summed E-state index contributed by atoms with van der Waals surface area (Å²) in [5.41, 5.74) is 7.37. The lowest BCUT2D eigenvalue weighted by Crippen LogP contribution is -2.30. The van der Waals surface area contributed by atoms with Gasteiger partial charge in [-0.2, -0.15) is 5.26 Å². The molecule has 1 aliphatic heterocycles. The van der Waals surface area contributed by atoms with E-state index in [2.05, 4.69) is 6.07 Å². The van der Waals surface area contributed by atoms with Crippen LogP contribution in [-0.2, 0) is 4.79 Å². The number of nitriles is 1. The second kappa shape index (κ2) is 3.95. The molecule has 4 nitrogen and oxygen atoms in total. The summed E-state index contributed by atoms with van der Waals surface area (Å²) in [7, 11) is 1.73. The zero-order chi connectivity index (χ0) is 11.7. The third kappa shape index (κ3) is 1.55. The summed E-state index contributed by atoms with van der Waals surface area (Å²) >= 11 is 0. The molecule has 82 valence electrons. The molecule has 1 saturated heterocycles. The van der Waals surface area contributed by atoms with Crippen molar-refractivity contribution < 1.29 is 4.79 Å². The number of carbonyl (C=O) groups is 1. The highest BCUT2D eigenvalue weighted by Crippen LogP contribution is 2.32. The maximum atomic E-state index is 11.5. The predicted octanol–water partition coefficient (Wildman–Crippen LogP) is 0.789. The van der Waals surface area contributed by atoms with Crippen LogP contribution in [0.1, 0.15) is 23.6 Å². The van der Waals surface area contributed by atoms with Crippen molar-refractivity contribution in [3.63, 3.8) is 0 Å². The Labute approximate surface area is 94.3 Å². The van der Waals surface area contributed by atoms with Gasteiger partial charge in [-0.1, -0.05) is 18.2 Å². The highest BCUT2D eigenvalue weighted by atomic mass is 16.2. The lowest BCUT2D eigenvalue weighted by Gasteiger charge is -2.23. The van der Waals surface area contributed by atoms with E-state index in [1.165, 1.54) is 0 Å². The number of hydrogen-bond acceptors (Lipinski definition) is 3. The van der Waals surface area contributed by atoms with Crippen LogP contribution >= 0.6 is 0 Å². The first-order valence-corrected chi connectivity index (χ1v) is 5.15. The normalized spacial score (nSPS) is 24.6. The molecule has 1 aliphatic rings. The van der Waals surface area contributed by atoms with Crippen LogP contribution in [0, 0.1) is 11.3 Å². The van der Waals surface area contributed by atoms with E-state index in [1.54, 1.807) is 18.0 Å². The number of likely N-dealkylation sites (N-methyl/N-ethyl adjacent to an activating group) is 1. The zero-order valence-corrected chi connectivity index (χ0v) is 9.05. The first-order chi connectivity index (χ1) is 7.65. The fourth-order valence-corrected chi connectivity index (χ4v) is 2.20. The van der Waals surface area contributed by atoms with Gasteiger partial charge in [0.1, 0.15) is 0 Å². The second-order valence-electron chi connectivity index (χ2n) is 4.02. The van der Waals surface area contributed by atoms with Gasteiger partial charge in [0.15, 0.2) is 0 Å². The molecule has 2 rings (SSSR count). The van der Waals surface area contributed by atoms with Crippen LogP contribution in [0.25, 0.3) is 0 Å². The van der Waals surface area contributed by atoms with Crippen molar-refractivity contribution in [3.05, 3.63) is 35.4 Å². The van der Waals surface area contributed by atoms with Gasteiger partial charge in [0.25, 0.3) is 0 Å². The number of hydrogen-bond donors (Lipinski definition) is 1. The topological polar surface area (TPSA) is 70.1 Å². The number of likely N-dealkylation sites (tertiary alicyclic amines) is 1. The molecule has 1 heterocycles. The summed E-state index contributed by atoms with van der Waals surface area (Å²) in [4.78, 5) is 13.2. The molecule has 0 bridgehead atoms. The second-order valence-corrected chi connectivity index (χ2v) is 4.02. The Kier molecular flexibility index (Phi) is 2.63. The van der Waals surface area contributed by atoms with Gasteiger partial charge in [-0.25, -0.2) is 0 Å². The molecule has 1 amide bonds. The van der Waals surface area contributed by atoms with Gasteiger partial charge in [-0.05, 0) is 11.6 Å². The number of carbonyl (C=O) groups excluding carboxylic acids is 1. The molecule has 0 saturated carbocycles. The molecule has 4 heteroatoms. The summed E-state index contributed by atoms with van der Waals surface area (Å²) in [5.74, 6) is 0.0326. The highest BCUT2D eigenvalue weighted by molar-refractivity contribution is 5.80. The molecule has 1 fully saturated rings.